The Balaban J connectivity index is 2.84. The van der Waals surface area contributed by atoms with E-state index in [1.54, 1.807) is 30.5 Å². The van der Waals surface area contributed by atoms with Gasteiger partial charge in [0.1, 0.15) is 4.38 Å². The summed E-state index contributed by atoms with van der Waals surface area (Å²) in [6, 6.07) is 6.92. The van der Waals surface area contributed by atoms with Crippen molar-refractivity contribution >= 4 is 39.7 Å². The molecule has 1 aromatic carbocycles. The summed E-state index contributed by atoms with van der Waals surface area (Å²) in [4.78, 5) is 23.1. The number of benzene rings is 1. The van der Waals surface area contributed by atoms with Crippen molar-refractivity contribution in [2.24, 2.45) is 5.73 Å². The van der Waals surface area contributed by atoms with Crippen LogP contribution in [0.15, 0.2) is 29.2 Å². The molecular weight excluding hydrogens is 270 g/mol. The normalized spacial score (nSPS) is 9.83. The summed E-state index contributed by atoms with van der Waals surface area (Å²) in [5.74, 6) is -0.962. The zero-order chi connectivity index (χ0) is 13.5. The van der Waals surface area contributed by atoms with Gasteiger partial charge in [0.15, 0.2) is 0 Å². The fourth-order valence-corrected chi connectivity index (χ4v) is 2.37. The van der Waals surface area contributed by atoms with Crippen molar-refractivity contribution in [2.45, 2.75) is 4.90 Å². The second-order valence-electron chi connectivity index (χ2n) is 3.24. The molecule has 2 amide bonds. The van der Waals surface area contributed by atoms with Crippen molar-refractivity contribution in [1.82, 2.24) is 5.32 Å². The molecule has 0 radical (unpaired) electrons. The first-order valence-corrected chi connectivity index (χ1v) is 7.04. The van der Waals surface area contributed by atoms with Crippen LogP contribution in [0.5, 0.6) is 0 Å². The van der Waals surface area contributed by atoms with Crippen molar-refractivity contribution in [2.75, 3.05) is 12.8 Å². The number of rotatable bonds is 4. The zero-order valence-corrected chi connectivity index (χ0v) is 11.4. The molecule has 0 fully saturated rings. The summed E-state index contributed by atoms with van der Waals surface area (Å²) in [7, 11) is 0. The first-order chi connectivity index (χ1) is 8.54. The molecule has 0 aliphatic rings. The van der Waals surface area contributed by atoms with Gasteiger partial charge in [0, 0.05) is 4.90 Å². The zero-order valence-electron chi connectivity index (χ0n) is 9.73. The number of nitrogens with one attached hydrogen (secondary N) is 2. The number of hydrogen-bond acceptors (Lipinski definition) is 5. The van der Waals surface area contributed by atoms with Crippen LogP contribution in [0.3, 0.4) is 0 Å². The molecule has 0 bridgehead atoms. The molecule has 0 atom stereocenters. The van der Waals surface area contributed by atoms with E-state index in [1.807, 2.05) is 0 Å². The average Bonchev–Trinajstić information content (AvgIpc) is 2.36. The molecule has 1 rings (SSSR count). The van der Waals surface area contributed by atoms with E-state index >= 15 is 0 Å². The van der Waals surface area contributed by atoms with Crippen molar-refractivity contribution in [1.29, 1.82) is 5.41 Å². The van der Waals surface area contributed by atoms with Gasteiger partial charge in [-0.15, -0.1) is 11.8 Å². The molecule has 0 unspecified atom stereocenters. The second kappa shape index (κ2) is 7.07. The third-order valence-electron chi connectivity index (χ3n) is 1.94. The van der Waals surface area contributed by atoms with Crippen LogP contribution in [-0.2, 0) is 4.79 Å². The SMILES string of the molecule is CSC(=N)Sc1ccccc1C(=O)NCC(N)=O. The van der Waals surface area contributed by atoms with Gasteiger partial charge in [-0.2, -0.15) is 0 Å². The Morgan fingerprint density at radius 3 is 2.67 bits per heavy atom. The molecule has 18 heavy (non-hydrogen) atoms. The molecule has 0 saturated heterocycles. The number of thioether (sulfide) groups is 2. The Labute approximate surface area is 113 Å². The summed E-state index contributed by atoms with van der Waals surface area (Å²) in [6.07, 6.45) is 1.80. The molecular formula is C11H13N3O2S2. The van der Waals surface area contributed by atoms with Crippen LogP contribution in [0, 0.1) is 5.41 Å². The summed E-state index contributed by atoms with van der Waals surface area (Å²) < 4.78 is 0.394. The van der Waals surface area contributed by atoms with E-state index in [2.05, 4.69) is 5.32 Å². The minimum Gasteiger partial charge on any atom is -0.368 e. The smallest absolute Gasteiger partial charge is 0.252 e. The highest BCUT2D eigenvalue weighted by molar-refractivity contribution is 8.38. The van der Waals surface area contributed by atoms with Crippen molar-refractivity contribution < 1.29 is 9.59 Å². The molecule has 0 aliphatic carbocycles. The van der Waals surface area contributed by atoms with Gasteiger partial charge in [0.2, 0.25) is 5.91 Å². The summed E-state index contributed by atoms with van der Waals surface area (Å²) in [5, 5.41) is 10.0. The number of hydrogen-bond donors (Lipinski definition) is 3. The van der Waals surface area contributed by atoms with E-state index in [0.29, 0.717) is 14.8 Å². The van der Waals surface area contributed by atoms with E-state index in [9.17, 15) is 9.59 Å². The van der Waals surface area contributed by atoms with Gasteiger partial charge in [0.25, 0.3) is 5.91 Å². The van der Waals surface area contributed by atoms with Gasteiger partial charge in [-0.05, 0) is 18.4 Å². The van der Waals surface area contributed by atoms with Gasteiger partial charge in [-0.1, -0.05) is 23.9 Å². The summed E-state index contributed by atoms with van der Waals surface area (Å²) >= 11 is 2.50. The molecule has 1 aromatic rings. The molecule has 0 heterocycles. The third kappa shape index (κ3) is 4.42. The standard InChI is InChI=1S/C11H13N3O2S2/c1-17-11(13)18-8-5-3-2-4-7(8)10(16)14-6-9(12)15/h2-5,13H,6H2,1H3,(H2,12,15)(H,14,16). The number of nitrogens with two attached hydrogens (primary N) is 1. The number of amides is 2. The van der Waals surface area contributed by atoms with Crippen molar-refractivity contribution in [3.8, 4) is 0 Å². The number of carbonyl (C=O) groups excluding carboxylic acids is 2. The monoisotopic (exact) mass is 283 g/mol. The van der Waals surface area contributed by atoms with Crippen LogP contribution < -0.4 is 11.1 Å². The van der Waals surface area contributed by atoms with E-state index in [-0.39, 0.29) is 12.5 Å². The fourth-order valence-electron chi connectivity index (χ4n) is 1.15. The highest BCUT2D eigenvalue weighted by Crippen LogP contribution is 2.26. The van der Waals surface area contributed by atoms with E-state index in [0.717, 1.165) is 0 Å². The van der Waals surface area contributed by atoms with Gasteiger partial charge in [0.05, 0.1) is 12.1 Å². The lowest BCUT2D eigenvalue weighted by Gasteiger charge is -2.08. The molecule has 4 N–H and O–H groups in total. The highest BCUT2D eigenvalue weighted by atomic mass is 32.2. The largest absolute Gasteiger partial charge is 0.368 e. The van der Waals surface area contributed by atoms with Gasteiger partial charge >= 0.3 is 0 Å². The molecule has 96 valence electrons. The van der Waals surface area contributed by atoms with E-state index in [1.165, 1.54) is 23.5 Å². The fraction of sp³-hybridized carbons (Fsp3) is 0.182. The second-order valence-corrected chi connectivity index (χ2v) is 5.37. The Morgan fingerprint density at radius 1 is 1.39 bits per heavy atom. The lowest BCUT2D eigenvalue weighted by molar-refractivity contribution is -0.117. The molecule has 5 nitrogen and oxygen atoms in total. The van der Waals surface area contributed by atoms with Gasteiger partial charge < -0.3 is 11.1 Å². The minimum absolute atomic E-state index is 0.197. The summed E-state index contributed by atoms with van der Waals surface area (Å²) in [6.45, 7) is -0.197. The van der Waals surface area contributed by atoms with Crippen LogP contribution in [0.4, 0.5) is 0 Å². The topological polar surface area (TPSA) is 96.0 Å². The Kier molecular flexibility index (Phi) is 5.73. The molecule has 0 aromatic heterocycles. The van der Waals surface area contributed by atoms with Crippen molar-refractivity contribution in [3.63, 3.8) is 0 Å². The number of carbonyl (C=O) groups is 2. The first kappa shape index (κ1) is 14.6. The predicted octanol–water partition coefficient (Wildman–Crippen LogP) is 1.29. The summed E-state index contributed by atoms with van der Waals surface area (Å²) in [5.41, 5.74) is 5.40. The van der Waals surface area contributed by atoms with Gasteiger partial charge in [-0.3, -0.25) is 15.0 Å². The van der Waals surface area contributed by atoms with Crippen molar-refractivity contribution in [3.05, 3.63) is 29.8 Å². The highest BCUT2D eigenvalue weighted by Gasteiger charge is 2.12. The maximum atomic E-state index is 11.8. The quantitative estimate of drug-likeness (QED) is 0.441. The Bertz CT molecular complexity index is 477. The van der Waals surface area contributed by atoms with Crippen LogP contribution >= 0.6 is 23.5 Å². The lowest BCUT2D eigenvalue weighted by atomic mass is 10.2. The van der Waals surface area contributed by atoms with Crippen LogP contribution in [0.2, 0.25) is 0 Å². The van der Waals surface area contributed by atoms with Crippen LogP contribution in [0.1, 0.15) is 10.4 Å². The van der Waals surface area contributed by atoms with E-state index in [4.69, 9.17) is 11.1 Å². The molecule has 0 spiro atoms. The van der Waals surface area contributed by atoms with Crippen LogP contribution in [0.25, 0.3) is 0 Å². The Morgan fingerprint density at radius 2 is 2.06 bits per heavy atom. The average molecular weight is 283 g/mol. The predicted molar refractivity (Wildman–Crippen MR) is 75.1 cm³/mol. The molecule has 0 saturated carbocycles. The Hall–Kier alpha value is -1.47. The number of primary amides is 1. The molecule has 7 heteroatoms. The van der Waals surface area contributed by atoms with Gasteiger partial charge in [-0.25, -0.2) is 0 Å². The minimum atomic E-state index is -0.592. The van der Waals surface area contributed by atoms with E-state index < -0.39 is 5.91 Å². The maximum absolute atomic E-state index is 11.8. The lowest BCUT2D eigenvalue weighted by Crippen LogP contribution is -2.33. The third-order valence-corrected chi connectivity index (χ3v) is 3.83. The first-order valence-electron chi connectivity index (χ1n) is 5.00. The van der Waals surface area contributed by atoms with Crippen LogP contribution in [-0.4, -0.2) is 29.0 Å². The maximum Gasteiger partial charge on any atom is 0.252 e. The molecule has 0 aliphatic heterocycles.